The van der Waals surface area contributed by atoms with Crippen LogP contribution < -0.4 is 0 Å². The summed E-state index contributed by atoms with van der Waals surface area (Å²) in [6.45, 7) is 3.12. The molecule has 2 atom stereocenters. The number of hydrogen-bond acceptors (Lipinski definition) is 5. The van der Waals surface area contributed by atoms with E-state index in [1.807, 2.05) is 17.5 Å². The third kappa shape index (κ3) is 3.16. The lowest BCUT2D eigenvalue weighted by Gasteiger charge is -2.17. The molecule has 112 valence electrons. The third-order valence-electron chi connectivity index (χ3n) is 3.88. The van der Waals surface area contributed by atoms with Crippen molar-refractivity contribution >= 4 is 17.2 Å². The molecule has 21 heavy (non-hydrogen) atoms. The van der Waals surface area contributed by atoms with Gasteiger partial charge in [0.25, 0.3) is 0 Å². The van der Waals surface area contributed by atoms with Crippen LogP contribution in [0, 0.1) is 5.92 Å². The fourth-order valence-corrected chi connectivity index (χ4v) is 3.23. The quantitative estimate of drug-likeness (QED) is 0.940. The van der Waals surface area contributed by atoms with Crippen molar-refractivity contribution in [2.75, 3.05) is 13.1 Å². The van der Waals surface area contributed by atoms with E-state index in [2.05, 4.69) is 4.98 Å². The molecule has 1 fully saturated rings. The second kappa shape index (κ2) is 5.99. The van der Waals surface area contributed by atoms with E-state index < -0.39 is 0 Å². The molecule has 2 aromatic heterocycles. The third-order valence-corrected chi connectivity index (χ3v) is 4.73. The van der Waals surface area contributed by atoms with Crippen molar-refractivity contribution in [1.29, 1.82) is 0 Å². The maximum atomic E-state index is 12.2. The van der Waals surface area contributed by atoms with E-state index in [-0.39, 0.29) is 24.3 Å². The molecule has 0 bridgehead atoms. The Kier molecular flexibility index (Phi) is 4.07. The molecule has 1 aliphatic heterocycles. The van der Waals surface area contributed by atoms with Crippen molar-refractivity contribution in [3.63, 3.8) is 0 Å². The summed E-state index contributed by atoms with van der Waals surface area (Å²) in [6.07, 6.45) is 2.31. The zero-order chi connectivity index (χ0) is 14.8. The van der Waals surface area contributed by atoms with Crippen LogP contribution in [0.1, 0.15) is 19.0 Å². The van der Waals surface area contributed by atoms with Gasteiger partial charge in [-0.05, 0) is 24.8 Å². The Morgan fingerprint density at radius 2 is 2.52 bits per heavy atom. The van der Waals surface area contributed by atoms with Gasteiger partial charge in [0.2, 0.25) is 11.8 Å². The number of amides is 1. The minimum atomic E-state index is -0.361. The first-order valence-corrected chi connectivity index (χ1v) is 7.95. The van der Waals surface area contributed by atoms with E-state index in [9.17, 15) is 9.90 Å². The SMILES string of the molecule is CC(O)C1CCN(C(=O)Cc2coc(-c3cccs3)n2)C1. The van der Waals surface area contributed by atoms with Gasteiger partial charge in [0.15, 0.2) is 0 Å². The van der Waals surface area contributed by atoms with Gasteiger partial charge in [0.05, 0.1) is 23.1 Å². The molecule has 2 unspecified atom stereocenters. The molecule has 3 rings (SSSR count). The summed E-state index contributed by atoms with van der Waals surface area (Å²) in [5.74, 6) is 0.799. The monoisotopic (exact) mass is 306 g/mol. The number of nitrogens with zero attached hydrogens (tertiary/aromatic N) is 2. The number of aliphatic hydroxyl groups excluding tert-OH is 1. The molecule has 1 N–H and O–H groups in total. The van der Waals surface area contributed by atoms with E-state index in [1.165, 1.54) is 0 Å². The van der Waals surface area contributed by atoms with Crippen LogP contribution in [0.3, 0.4) is 0 Å². The maximum absolute atomic E-state index is 12.2. The van der Waals surface area contributed by atoms with Gasteiger partial charge in [-0.15, -0.1) is 11.3 Å². The lowest BCUT2D eigenvalue weighted by Crippen LogP contribution is -2.31. The topological polar surface area (TPSA) is 66.6 Å². The zero-order valence-electron chi connectivity index (χ0n) is 11.9. The molecular formula is C15H18N2O3S. The highest BCUT2D eigenvalue weighted by Gasteiger charge is 2.29. The van der Waals surface area contributed by atoms with E-state index in [0.717, 1.165) is 11.3 Å². The molecule has 0 aliphatic carbocycles. The minimum Gasteiger partial charge on any atom is -0.444 e. The van der Waals surface area contributed by atoms with Gasteiger partial charge in [-0.3, -0.25) is 4.79 Å². The Bertz CT molecular complexity index is 606. The molecular weight excluding hydrogens is 288 g/mol. The van der Waals surface area contributed by atoms with Gasteiger partial charge in [-0.1, -0.05) is 6.07 Å². The van der Waals surface area contributed by atoms with Crippen LogP contribution >= 0.6 is 11.3 Å². The average molecular weight is 306 g/mol. The van der Waals surface area contributed by atoms with Crippen molar-refractivity contribution in [2.24, 2.45) is 5.92 Å². The molecule has 0 spiro atoms. The Morgan fingerprint density at radius 1 is 1.67 bits per heavy atom. The molecule has 0 saturated carbocycles. The number of thiophene rings is 1. The van der Waals surface area contributed by atoms with E-state index in [1.54, 1.807) is 29.4 Å². The second-order valence-electron chi connectivity index (χ2n) is 5.43. The number of likely N-dealkylation sites (tertiary alicyclic amines) is 1. The molecule has 0 radical (unpaired) electrons. The predicted molar refractivity (Wildman–Crippen MR) is 79.9 cm³/mol. The standard InChI is InChI=1S/C15H18N2O3S/c1-10(18)11-4-5-17(8-11)14(19)7-12-9-20-15(16-12)13-3-2-6-21-13/h2-3,6,9-11,18H,4-5,7-8H2,1H3. The average Bonchev–Trinajstić information content (AvgIpc) is 3.19. The highest BCUT2D eigenvalue weighted by Crippen LogP contribution is 2.24. The Morgan fingerprint density at radius 3 is 3.19 bits per heavy atom. The lowest BCUT2D eigenvalue weighted by molar-refractivity contribution is -0.129. The van der Waals surface area contributed by atoms with Crippen molar-refractivity contribution in [3.05, 3.63) is 29.5 Å². The van der Waals surface area contributed by atoms with E-state index in [4.69, 9.17) is 4.42 Å². The van der Waals surface area contributed by atoms with Gasteiger partial charge in [0.1, 0.15) is 6.26 Å². The van der Waals surface area contributed by atoms with Crippen LogP contribution in [0.15, 0.2) is 28.2 Å². The maximum Gasteiger partial charge on any atom is 0.236 e. The summed E-state index contributed by atoms with van der Waals surface area (Å²) in [5.41, 5.74) is 0.656. The minimum absolute atomic E-state index is 0.0455. The number of carbonyl (C=O) groups is 1. The first-order chi connectivity index (χ1) is 10.1. The van der Waals surface area contributed by atoms with Crippen LogP contribution in [-0.2, 0) is 11.2 Å². The summed E-state index contributed by atoms with van der Waals surface area (Å²) >= 11 is 1.56. The van der Waals surface area contributed by atoms with Crippen molar-refractivity contribution in [1.82, 2.24) is 9.88 Å². The Labute approximate surface area is 127 Å². The Balaban J connectivity index is 1.61. The first-order valence-electron chi connectivity index (χ1n) is 7.07. The van der Waals surface area contributed by atoms with Crippen molar-refractivity contribution < 1.29 is 14.3 Å². The molecule has 0 aromatic carbocycles. The molecule has 6 heteroatoms. The van der Waals surface area contributed by atoms with Crippen LogP contribution in [0.4, 0.5) is 0 Å². The lowest BCUT2D eigenvalue weighted by atomic mass is 10.0. The summed E-state index contributed by atoms with van der Waals surface area (Å²) < 4.78 is 5.42. The normalized spacial score (nSPS) is 19.9. The largest absolute Gasteiger partial charge is 0.444 e. The van der Waals surface area contributed by atoms with Crippen LogP contribution in [0.5, 0.6) is 0 Å². The zero-order valence-corrected chi connectivity index (χ0v) is 12.7. The fourth-order valence-electron chi connectivity index (χ4n) is 2.58. The van der Waals surface area contributed by atoms with Crippen LogP contribution in [0.2, 0.25) is 0 Å². The van der Waals surface area contributed by atoms with E-state index >= 15 is 0 Å². The molecule has 1 saturated heterocycles. The molecule has 5 nitrogen and oxygen atoms in total. The molecule has 1 amide bonds. The predicted octanol–water partition coefficient (Wildman–Crippen LogP) is 2.17. The highest BCUT2D eigenvalue weighted by molar-refractivity contribution is 7.13. The van der Waals surface area contributed by atoms with Gasteiger partial charge < -0.3 is 14.4 Å². The molecule has 1 aliphatic rings. The smallest absolute Gasteiger partial charge is 0.236 e. The Hall–Kier alpha value is -1.66. The summed E-state index contributed by atoms with van der Waals surface area (Å²) in [6, 6.07) is 3.88. The second-order valence-corrected chi connectivity index (χ2v) is 6.37. The number of aromatic nitrogens is 1. The number of hydrogen-bond donors (Lipinski definition) is 1. The van der Waals surface area contributed by atoms with Gasteiger partial charge >= 0.3 is 0 Å². The number of carbonyl (C=O) groups excluding carboxylic acids is 1. The van der Waals surface area contributed by atoms with E-state index in [0.29, 0.717) is 24.7 Å². The van der Waals surface area contributed by atoms with Crippen LogP contribution in [-0.4, -0.2) is 40.1 Å². The van der Waals surface area contributed by atoms with Gasteiger partial charge in [0, 0.05) is 19.0 Å². The molecule has 3 heterocycles. The van der Waals surface area contributed by atoms with Crippen LogP contribution in [0.25, 0.3) is 10.8 Å². The van der Waals surface area contributed by atoms with Gasteiger partial charge in [-0.25, -0.2) is 4.98 Å². The van der Waals surface area contributed by atoms with Gasteiger partial charge in [-0.2, -0.15) is 0 Å². The highest BCUT2D eigenvalue weighted by atomic mass is 32.1. The summed E-state index contributed by atoms with van der Waals surface area (Å²) in [4.78, 5) is 19.4. The number of aliphatic hydroxyl groups is 1. The number of oxazole rings is 1. The summed E-state index contributed by atoms with van der Waals surface area (Å²) in [5, 5.41) is 11.5. The number of rotatable bonds is 4. The molecule has 2 aromatic rings. The fraction of sp³-hybridized carbons (Fsp3) is 0.467. The van der Waals surface area contributed by atoms with Crippen molar-refractivity contribution in [2.45, 2.75) is 25.9 Å². The van der Waals surface area contributed by atoms with Crippen molar-refractivity contribution in [3.8, 4) is 10.8 Å². The summed E-state index contributed by atoms with van der Waals surface area (Å²) in [7, 11) is 0. The first kappa shape index (κ1) is 14.3.